The summed E-state index contributed by atoms with van der Waals surface area (Å²) in [4.78, 5) is 10.6. The van der Waals surface area contributed by atoms with Crippen molar-refractivity contribution in [2.75, 3.05) is 14.2 Å². The Morgan fingerprint density at radius 2 is 2.27 bits per heavy atom. The standard InChI is InChI=1S/C6H9BrN2O2/c1-9-5(7)3-4(8)6(10)11-2/h3,8-9H,1-2H3/b5-3-,8-4?. The smallest absolute Gasteiger partial charge is 0.356 e. The first-order valence-corrected chi connectivity index (χ1v) is 3.63. The molecule has 0 aromatic rings. The van der Waals surface area contributed by atoms with Gasteiger partial charge in [-0.25, -0.2) is 4.79 Å². The number of nitrogens with one attached hydrogen (secondary N) is 2. The molecular formula is C6H9BrN2O2. The lowest BCUT2D eigenvalue weighted by Gasteiger charge is -1.97. The Balaban J connectivity index is 4.17. The van der Waals surface area contributed by atoms with Crippen LogP contribution in [0, 0.1) is 5.41 Å². The molecule has 0 aliphatic heterocycles. The van der Waals surface area contributed by atoms with Gasteiger partial charge >= 0.3 is 5.97 Å². The number of methoxy groups -OCH3 is 1. The van der Waals surface area contributed by atoms with Crippen LogP contribution in [0.2, 0.25) is 0 Å². The zero-order chi connectivity index (χ0) is 8.85. The molecule has 0 rings (SSSR count). The Morgan fingerprint density at radius 3 is 2.64 bits per heavy atom. The van der Waals surface area contributed by atoms with Gasteiger partial charge in [0, 0.05) is 13.1 Å². The third-order valence-electron chi connectivity index (χ3n) is 0.915. The molecule has 0 fully saturated rings. The van der Waals surface area contributed by atoms with Crippen molar-refractivity contribution in [2.45, 2.75) is 0 Å². The van der Waals surface area contributed by atoms with Crippen molar-refractivity contribution < 1.29 is 9.53 Å². The lowest BCUT2D eigenvalue weighted by molar-refractivity contribution is -0.132. The van der Waals surface area contributed by atoms with Gasteiger partial charge in [0.15, 0.2) is 0 Å². The molecule has 0 saturated carbocycles. The summed E-state index contributed by atoms with van der Waals surface area (Å²) in [6.07, 6.45) is 1.33. The minimum absolute atomic E-state index is 0.200. The molecule has 0 unspecified atom stereocenters. The van der Waals surface area contributed by atoms with Crippen molar-refractivity contribution in [1.29, 1.82) is 5.41 Å². The summed E-state index contributed by atoms with van der Waals surface area (Å²) in [5, 5.41) is 9.81. The Morgan fingerprint density at radius 1 is 1.73 bits per heavy atom. The fraction of sp³-hybridized carbons (Fsp3) is 0.333. The maximum absolute atomic E-state index is 10.6. The highest BCUT2D eigenvalue weighted by atomic mass is 79.9. The van der Waals surface area contributed by atoms with Crippen molar-refractivity contribution >= 4 is 27.6 Å². The Hall–Kier alpha value is -0.840. The lowest BCUT2D eigenvalue weighted by Crippen LogP contribution is -2.13. The van der Waals surface area contributed by atoms with Crippen molar-refractivity contribution in [3.8, 4) is 0 Å². The van der Waals surface area contributed by atoms with Gasteiger partial charge in [-0.05, 0) is 15.9 Å². The van der Waals surface area contributed by atoms with E-state index in [2.05, 4.69) is 26.0 Å². The van der Waals surface area contributed by atoms with Crippen LogP contribution >= 0.6 is 15.9 Å². The fourth-order valence-corrected chi connectivity index (χ4v) is 0.597. The predicted molar refractivity (Wildman–Crippen MR) is 45.8 cm³/mol. The highest BCUT2D eigenvalue weighted by Gasteiger charge is 2.05. The van der Waals surface area contributed by atoms with Gasteiger partial charge < -0.3 is 10.1 Å². The molecule has 0 amide bonds. The lowest BCUT2D eigenvalue weighted by atomic mass is 10.4. The SMILES string of the molecule is CN/C(Br)=C\C(=N)C(=O)OC. The van der Waals surface area contributed by atoms with Gasteiger partial charge in [-0.15, -0.1) is 0 Å². The van der Waals surface area contributed by atoms with E-state index in [1.807, 2.05) is 0 Å². The second-order valence-corrected chi connectivity index (χ2v) is 2.50. The molecular weight excluding hydrogens is 212 g/mol. The van der Waals surface area contributed by atoms with Crippen LogP contribution in [0.25, 0.3) is 0 Å². The first-order chi connectivity index (χ1) is 5.11. The highest BCUT2D eigenvalue weighted by molar-refractivity contribution is 9.11. The van der Waals surface area contributed by atoms with E-state index >= 15 is 0 Å². The number of halogens is 1. The predicted octanol–water partition coefficient (Wildman–Crippen LogP) is 0.635. The van der Waals surface area contributed by atoms with Crippen LogP contribution in [0.4, 0.5) is 0 Å². The van der Waals surface area contributed by atoms with Crippen molar-refractivity contribution in [1.82, 2.24) is 5.32 Å². The topological polar surface area (TPSA) is 62.2 Å². The zero-order valence-corrected chi connectivity index (χ0v) is 7.86. The number of ether oxygens (including phenoxy) is 1. The van der Waals surface area contributed by atoms with Gasteiger partial charge in [-0.3, -0.25) is 5.41 Å². The number of carbonyl (C=O) groups is 1. The molecule has 4 nitrogen and oxygen atoms in total. The summed E-state index contributed by atoms with van der Waals surface area (Å²) in [6, 6.07) is 0. The summed E-state index contributed by atoms with van der Waals surface area (Å²) >= 11 is 3.08. The third-order valence-corrected chi connectivity index (χ3v) is 1.54. The van der Waals surface area contributed by atoms with E-state index < -0.39 is 5.97 Å². The normalized spacial score (nSPS) is 10.6. The third kappa shape index (κ3) is 3.77. The van der Waals surface area contributed by atoms with E-state index in [0.29, 0.717) is 4.61 Å². The van der Waals surface area contributed by atoms with Gasteiger partial charge in [0.05, 0.1) is 11.7 Å². The second kappa shape index (κ2) is 4.90. The molecule has 62 valence electrons. The van der Waals surface area contributed by atoms with E-state index in [9.17, 15) is 4.79 Å². The van der Waals surface area contributed by atoms with Crippen LogP contribution in [-0.4, -0.2) is 25.8 Å². The Labute approximate surface area is 73.3 Å². The number of carbonyl (C=O) groups excluding carboxylic acids is 1. The highest BCUT2D eigenvalue weighted by Crippen LogP contribution is 1.98. The number of hydrogen-bond acceptors (Lipinski definition) is 4. The first-order valence-electron chi connectivity index (χ1n) is 2.83. The van der Waals surface area contributed by atoms with Crippen LogP contribution in [0.3, 0.4) is 0 Å². The average molecular weight is 221 g/mol. The van der Waals surface area contributed by atoms with Gasteiger partial charge in [0.25, 0.3) is 0 Å². The number of rotatable bonds is 3. The van der Waals surface area contributed by atoms with Crippen LogP contribution in [0.5, 0.6) is 0 Å². The summed E-state index contributed by atoms with van der Waals surface area (Å²) < 4.78 is 4.86. The Bertz CT molecular complexity index is 201. The van der Waals surface area contributed by atoms with Crippen LogP contribution in [0.1, 0.15) is 0 Å². The van der Waals surface area contributed by atoms with Crippen molar-refractivity contribution in [3.05, 3.63) is 10.7 Å². The molecule has 0 aliphatic carbocycles. The van der Waals surface area contributed by atoms with E-state index in [-0.39, 0.29) is 5.71 Å². The zero-order valence-electron chi connectivity index (χ0n) is 6.27. The van der Waals surface area contributed by atoms with Crippen LogP contribution in [-0.2, 0) is 9.53 Å². The maximum Gasteiger partial charge on any atom is 0.356 e. The number of esters is 1. The first kappa shape index (κ1) is 10.2. The fourth-order valence-electron chi connectivity index (χ4n) is 0.368. The summed E-state index contributed by atoms with van der Waals surface area (Å²) in [7, 11) is 2.91. The quantitative estimate of drug-likeness (QED) is 0.417. The summed E-state index contributed by atoms with van der Waals surface area (Å²) in [5.74, 6) is -0.655. The van der Waals surface area contributed by atoms with E-state index in [1.54, 1.807) is 7.05 Å². The molecule has 0 heterocycles. The Kier molecular flexibility index (Phi) is 4.52. The maximum atomic E-state index is 10.6. The largest absolute Gasteiger partial charge is 0.464 e. The number of hydrogen-bond donors (Lipinski definition) is 2. The molecule has 0 aromatic carbocycles. The minimum Gasteiger partial charge on any atom is -0.464 e. The molecule has 0 spiro atoms. The van der Waals surface area contributed by atoms with E-state index in [4.69, 9.17) is 5.41 Å². The van der Waals surface area contributed by atoms with Crippen molar-refractivity contribution in [3.63, 3.8) is 0 Å². The minimum atomic E-state index is -0.655. The van der Waals surface area contributed by atoms with Gasteiger partial charge in [-0.2, -0.15) is 0 Å². The van der Waals surface area contributed by atoms with Crippen LogP contribution in [0.15, 0.2) is 10.7 Å². The molecule has 0 atom stereocenters. The summed E-state index contributed by atoms with van der Waals surface area (Å²) in [6.45, 7) is 0. The molecule has 0 aliphatic rings. The van der Waals surface area contributed by atoms with Crippen molar-refractivity contribution in [2.24, 2.45) is 0 Å². The van der Waals surface area contributed by atoms with E-state index in [1.165, 1.54) is 13.2 Å². The molecule has 0 aromatic heterocycles. The summed E-state index contributed by atoms with van der Waals surface area (Å²) in [5.41, 5.74) is -0.200. The molecule has 0 bridgehead atoms. The van der Waals surface area contributed by atoms with Gasteiger partial charge in [0.1, 0.15) is 5.71 Å². The van der Waals surface area contributed by atoms with Crippen LogP contribution < -0.4 is 5.32 Å². The molecule has 2 N–H and O–H groups in total. The average Bonchev–Trinajstić information content (AvgIpc) is 2.02. The van der Waals surface area contributed by atoms with E-state index in [0.717, 1.165) is 0 Å². The second-order valence-electron chi connectivity index (χ2n) is 1.65. The molecule has 0 radical (unpaired) electrons. The molecule has 5 heteroatoms. The van der Waals surface area contributed by atoms with Gasteiger partial charge in [0.2, 0.25) is 0 Å². The van der Waals surface area contributed by atoms with Gasteiger partial charge in [-0.1, -0.05) is 0 Å². The molecule has 0 saturated heterocycles. The molecule has 11 heavy (non-hydrogen) atoms. The monoisotopic (exact) mass is 220 g/mol.